The van der Waals surface area contributed by atoms with E-state index in [1.807, 2.05) is 50.8 Å². The second-order valence-electron chi connectivity index (χ2n) is 6.71. The molecule has 1 aromatic carbocycles. The zero-order valence-electron chi connectivity index (χ0n) is 14.3. The normalized spacial score (nSPS) is 19.4. The number of amides is 1. The van der Waals surface area contributed by atoms with E-state index < -0.39 is 6.10 Å². The van der Waals surface area contributed by atoms with Gasteiger partial charge < -0.3 is 15.4 Å². The summed E-state index contributed by atoms with van der Waals surface area (Å²) < 4.78 is 5.95. The average Bonchev–Trinajstić information content (AvgIpc) is 2.45. The van der Waals surface area contributed by atoms with Crippen molar-refractivity contribution in [3.63, 3.8) is 0 Å². The van der Waals surface area contributed by atoms with Crippen molar-refractivity contribution in [2.24, 2.45) is 11.7 Å². The highest BCUT2D eigenvalue weighted by molar-refractivity contribution is 6.00. The molecular formula is C18H28N2O2. The molecule has 0 fully saturated rings. The van der Waals surface area contributed by atoms with Crippen LogP contribution in [-0.4, -0.2) is 18.1 Å². The van der Waals surface area contributed by atoms with Gasteiger partial charge in [0.2, 0.25) is 0 Å². The molecule has 0 bridgehead atoms. The van der Waals surface area contributed by atoms with Crippen LogP contribution >= 0.6 is 0 Å². The average molecular weight is 304 g/mol. The lowest BCUT2D eigenvalue weighted by molar-refractivity contribution is -0.128. The van der Waals surface area contributed by atoms with Gasteiger partial charge in [0.25, 0.3) is 5.91 Å². The number of fused-ring (bicyclic) bond motifs is 1. The van der Waals surface area contributed by atoms with Crippen molar-refractivity contribution in [2.45, 2.75) is 65.6 Å². The minimum atomic E-state index is -0.412. The number of hydrogen-bond acceptors (Lipinski definition) is 3. The SMILES string of the molecule is CCCC(N)c1ccc2c(c1)N(C(C)C)C(=O)C(C(C)C)O2. The first-order chi connectivity index (χ1) is 10.4. The van der Waals surface area contributed by atoms with Crippen LogP contribution in [0.2, 0.25) is 0 Å². The van der Waals surface area contributed by atoms with E-state index in [1.165, 1.54) is 0 Å². The number of carbonyl (C=O) groups excluding carboxylic acids is 1. The highest BCUT2D eigenvalue weighted by atomic mass is 16.5. The summed E-state index contributed by atoms with van der Waals surface area (Å²) in [5, 5.41) is 0. The Bertz CT molecular complexity index is 540. The van der Waals surface area contributed by atoms with Crippen molar-refractivity contribution in [1.82, 2.24) is 0 Å². The Morgan fingerprint density at radius 1 is 1.27 bits per heavy atom. The fourth-order valence-electron chi connectivity index (χ4n) is 2.93. The van der Waals surface area contributed by atoms with Crippen LogP contribution in [0.1, 0.15) is 59.1 Å². The van der Waals surface area contributed by atoms with Crippen molar-refractivity contribution in [1.29, 1.82) is 0 Å². The molecule has 1 aliphatic rings. The third-order valence-corrected chi connectivity index (χ3v) is 4.13. The number of benzene rings is 1. The molecular weight excluding hydrogens is 276 g/mol. The second kappa shape index (κ2) is 6.69. The lowest BCUT2D eigenvalue weighted by Gasteiger charge is -2.38. The van der Waals surface area contributed by atoms with Gasteiger partial charge >= 0.3 is 0 Å². The van der Waals surface area contributed by atoms with Crippen LogP contribution in [0.4, 0.5) is 5.69 Å². The summed E-state index contributed by atoms with van der Waals surface area (Å²) in [6.07, 6.45) is 1.56. The minimum Gasteiger partial charge on any atom is -0.478 e. The van der Waals surface area contributed by atoms with E-state index >= 15 is 0 Å². The molecule has 4 heteroatoms. The van der Waals surface area contributed by atoms with Gasteiger partial charge in [-0.25, -0.2) is 0 Å². The fraction of sp³-hybridized carbons (Fsp3) is 0.611. The number of nitrogens with two attached hydrogens (primary N) is 1. The van der Waals surface area contributed by atoms with Crippen molar-refractivity contribution in [2.75, 3.05) is 4.90 Å². The standard InChI is InChI=1S/C18H28N2O2/c1-6-7-14(19)13-8-9-16-15(10-13)20(12(4)5)18(21)17(22-16)11(2)3/h8-12,14,17H,6-7,19H2,1-5H3. The van der Waals surface area contributed by atoms with Gasteiger partial charge in [-0.1, -0.05) is 33.3 Å². The maximum atomic E-state index is 12.7. The van der Waals surface area contributed by atoms with Crippen LogP contribution in [0, 0.1) is 5.92 Å². The van der Waals surface area contributed by atoms with E-state index in [1.54, 1.807) is 0 Å². The quantitative estimate of drug-likeness (QED) is 0.903. The van der Waals surface area contributed by atoms with Crippen LogP contribution in [0.5, 0.6) is 5.75 Å². The third-order valence-electron chi connectivity index (χ3n) is 4.13. The van der Waals surface area contributed by atoms with Gasteiger partial charge in [-0.15, -0.1) is 0 Å². The molecule has 4 nitrogen and oxygen atoms in total. The van der Waals surface area contributed by atoms with Gasteiger partial charge in [-0.2, -0.15) is 0 Å². The maximum Gasteiger partial charge on any atom is 0.268 e. The molecule has 2 unspecified atom stereocenters. The molecule has 1 aliphatic heterocycles. The zero-order chi connectivity index (χ0) is 16.4. The lowest BCUT2D eigenvalue weighted by atomic mass is 9.98. The van der Waals surface area contributed by atoms with Gasteiger partial charge in [0, 0.05) is 12.1 Å². The summed E-state index contributed by atoms with van der Waals surface area (Å²) >= 11 is 0. The molecule has 2 rings (SSSR count). The summed E-state index contributed by atoms with van der Waals surface area (Å²) in [6, 6.07) is 6.09. The maximum absolute atomic E-state index is 12.7. The van der Waals surface area contributed by atoms with E-state index in [0.717, 1.165) is 29.8 Å². The molecule has 2 N–H and O–H groups in total. The topological polar surface area (TPSA) is 55.6 Å². The highest BCUT2D eigenvalue weighted by Gasteiger charge is 2.37. The van der Waals surface area contributed by atoms with Gasteiger partial charge in [-0.05, 0) is 43.9 Å². The monoisotopic (exact) mass is 304 g/mol. The second-order valence-corrected chi connectivity index (χ2v) is 6.71. The number of nitrogens with zero attached hydrogens (tertiary/aromatic N) is 1. The molecule has 2 atom stereocenters. The van der Waals surface area contributed by atoms with E-state index in [0.29, 0.717) is 0 Å². The predicted octanol–water partition coefficient (Wildman–Crippen LogP) is 3.64. The molecule has 0 aliphatic carbocycles. The predicted molar refractivity (Wildman–Crippen MR) is 90.2 cm³/mol. The van der Waals surface area contributed by atoms with Crippen LogP contribution in [-0.2, 0) is 4.79 Å². The number of carbonyl (C=O) groups is 1. The Balaban J connectivity index is 2.44. The van der Waals surface area contributed by atoms with Crippen LogP contribution in [0.25, 0.3) is 0 Å². The van der Waals surface area contributed by atoms with E-state index in [9.17, 15) is 4.79 Å². The van der Waals surface area contributed by atoms with E-state index in [4.69, 9.17) is 10.5 Å². The summed E-state index contributed by atoms with van der Waals surface area (Å²) in [4.78, 5) is 14.6. The number of ether oxygens (including phenoxy) is 1. The Hall–Kier alpha value is -1.55. The molecule has 0 spiro atoms. The van der Waals surface area contributed by atoms with Crippen LogP contribution < -0.4 is 15.4 Å². The largest absolute Gasteiger partial charge is 0.478 e. The molecule has 1 heterocycles. The zero-order valence-corrected chi connectivity index (χ0v) is 14.3. The molecule has 0 aromatic heterocycles. The Labute approximate surface area is 133 Å². The molecule has 0 radical (unpaired) electrons. The fourth-order valence-corrected chi connectivity index (χ4v) is 2.93. The first kappa shape index (κ1) is 16.8. The summed E-state index contributed by atoms with van der Waals surface area (Å²) in [5.41, 5.74) is 8.14. The molecule has 0 saturated carbocycles. The summed E-state index contributed by atoms with van der Waals surface area (Å²) in [5.74, 6) is 0.960. The Morgan fingerprint density at radius 3 is 2.50 bits per heavy atom. The first-order valence-electron chi connectivity index (χ1n) is 8.26. The van der Waals surface area contributed by atoms with Gasteiger partial charge in [0.15, 0.2) is 6.10 Å². The van der Waals surface area contributed by atoms with Gasteiger partial charge in [0.05, 0.1) is 5.69 Å². The van der Waals surface area contributed by atoms with Crippen LogP contribution in [0.15, 0.2) is 18.2 Å². The molecule has 22 heavy (non-hydrogen) atoms. The van der Waals surface area contributed by atoms with Crippen molar-refractivity contribution in [3.8, 4) is 5.75 Å². The van der Waals surface area contributed by atoms with E-state index in [-0.39, 0.29) is 23.9 Å². The molecule has 1 aromatic rings. The Morgan fingerprint density at radius 2 is 1.95 bits per heavy atom. The molecule has 1 amide bonds. The lowest BCUT2D eigenvalue weighted by Crippen LogP contribution is -2.51. The first-order valence-corrected chi connectivity index (χ1v) is 8.26. The summed E-state index contributed by atoms with van der Waals surface area (Å²) in [7, 11) is 0. The van der Waals surface area contributed by atoms with E-state index in [2.05, 4.69) is 6.92 Å². The molecule has 0 saturated heterocycles. The van der Waals surface area contributed by atoms with Crippen molar-refractivity contribution >= 4 is 11.6 Å². The Kier molecular flexibility index (Phi) is 5.12. The minimum absolute atomic E-state index is 0.00207. The number of rotatable bonds is 5. The van der Waals surface area contributed by atoms with Crippen molar-refractivity contribution < 1.29 is 9.53 Å². The van der Waals surface area contributed by atoms with Crippen molar-refractivity contribution in [3.05, 3.63) is 23.8 Å². The smallest absolute Gasteiger partial charge is 0.268 e. The number of anilines is 1. The number of hydrogen-bond donors (Lipinski definition) is 1. The van der Waals surface area contributed by atoms with Gasteiger partial charge in [-0.3, -0.25) is 4.79 Å². The van der Waals surface area contributed by atoms with Gasteiger partial charge in [0.1, 0.15) is 5.75 Å². The molecule has 122 valence electrons. The summed E-state index contributed by atoms with van der Waals surface area (Å²) in [6.45, 7) is 10.2. The van der Waals surface area contributed by atoms with Crippen LogP contribution in [0.3, 0.4) is 0 Å². The highest BCUT2D eigenvalue weighted by Crippen LogP contribution is 2.38. The third kappa shape index (κ3) is 3.12.